The molecule has 7 nitrogen and oxygen atoms in total. The van der Waals surface area contributed by atoms with Gasteiger partial charge in [0.15, 0.2) is 0 Å². The van der Waals surface area contributed by atoms with Crippen molar-refractivity contribution in [2.45, 2.75) is 12.8 Å². The number of rotatable bonds is 13. The number of amides is 1. The highest BCUT2D eigenvalue weighted by atomic mass is 33.1. The predicted octanol–water partition coefficient (Wildman–Crippen LogP) is 2.88. The first-order valence-corrected chi connectivity index (χ1v) is 11.6. The van der Waals surface area contributed by atoms with Crippen molar-refractivity contribution in [2.75, 3.05) is 59.0 Å². The number of carbonyl (C=O) groups excluding carboxylic acids is 2. The molecule has 0 aliphatic rings. The van der Waals surface area contributed by atoms with E-state index in [0.717, 1.165) is 18.5 Å². The van der Waals surface area contributed by atoms with Gasteiger partial charge in [-0.2, -0.15) is 0 Å². The molecule has 9 heteroatoms. The maximum atomic E-state index is 11.8. The van der Waals surface area contributed by atoms with Crippen LogP contribution in [0.1, 0.15) is 12.0 Å². The second kappa shape index (κ2) is 14.4. The Kier molecular flexibility index (Phi) is 12.6. The molecule has 1 amide bonds. The summed E-state index contributed by atoms with van der Waals surface area (Å²) in [7, 11) is 8.91. The van der Waals surface area contributed by atoms with Gasteiger partial charge in [-0.3, -0.25) is 4.79 Å². The average molecular weight is 431 g/mol. The van der Waals surface area contributed by atoms with Crippen LogP contribution in [0.3, 0.4) is 0 Å². The standard InChI is InChI=1S/C19H30N2O5S2/c1-20(2)9-4-10-21(3)19(24)26-12-14-28-27-13-11-25-18(23)15-16-5-7-17(22)8-6-16/h5-8,22H,4,9-15H2,1-3H3. The number of phenols is 1. The quantitative estimate of drug-likeness (QED) is 0.291. The second-order valence-electron chi connectivity index (χ2n) is 6.40. The van der Waals surface area contributed by atoms with Gasteiger partial charge in [0.05, 0.1) is 6.42 Å². The predicted molar refractivity (Wildman–Crippen MR) is 115 cm³/mol. The van der Waals surface area contributed by atoms with Gasteiger partial charge in [0.2, 0.25) is 0 Å². The Hall–Kier alpha value is -1.58. The minimum absolute atomic E-state index is 0.173. The van der Waals surface area contributed by atoms with Gasteiger partial charge in [-0.15, -0.1) is 0 Å². The monoisotopic (exact) mass is 430 g/mol. The molecule has 0 aliphatic heterocycles. The van der Waals surface area contributed by atoms with Crippen LogP contribution in [-0.4, -0.2) is 85.9 Å². The third-order valence-corrected chi connectivity index (χ3v) is 5.93. The molecule has 1 rings (SSSR count). The molecule has 0 bridgehead atoms. The summed E-state index contributed by atoms with van der Waals surface area (Å²) in [6.45, 7) is 2.30. The number of ether oxygens (including phenoxy) is 2. The van der Waals surface area contributed by atoms with Gasteiger partial charge in [-0.1, -0.05) is 33.7 Å². The number of carbonyl (C=O) groups is 2. The van der Waals surface area contributed by atoms with Crippen molar-refractivity contribution >= 4 is 33.7 Å². The van der Waals surface area contributed by atoms with E-state index in [1.807, 2.05) is 14.1 Å². The molecule has 0 heterocycles. The summed E-state index contributed by atoms with van der Waals surface area (Å²) < 4.78 is 10.4. The molecule has 1 aromatic carbocycles. The fourth-order valence-electron chi connectivity index (χ4n) is 2.13. The molecule has 1 N–H and O–H groups in total. The number of hydrogen-bond acceptors (Lipinski definition) is 8. The average Bonchev–Trinajstić information content (AvgIpc) is 2.65. The molecule has 0 spiro atoms. The van der Waals surface area contributed by atoms with Crippen LogP contribution in [-0.2, 0) is 20.7 Å². The fraction of sp³-hybridized carbons (Fsp3) is 0.579. The van der Waals surface area contributed by atoms with Gasteiger partial charge in [0, 0.05) is 25.1 Å². The van der Waals surface area contributed by atoms with E-state index in [0.29, 0.717) is 31.3 Å². The molecule has 0 radical (unpaired) electrons. The number of hydrogen-bond donors (Lipinski definition) is 1. The summed E-state index contributed by atoms with van der Waals surface area (Å²) in [5, 5.41) is 9.21. The molecule has 0 unspecified atom stereocenters. The van der Waals surface area contributed by atoms with Gasteiger partial charge < -0.3 is 24.4 Å². The molecule has 0 saturated heterocycles. The number of esters is 1. The van der Waals surface area contributed by atoms with Crippen molar-refractivity contribution in [2.24, 2.45) is 0 Å². The molecule has 0 atom stereocenters. The lowest BCUT2D eigenvalue weighted by molar-refractivity contribution is -0.142. The summed E-state index contributed by atoms with van der Waals surface area (Å²) in [6, 6.07) is 6.48. The Morgan fingerprint density at radius 3 is 2.18 bits per heavy atom. The first-order chi connectivity index (χ1) is 13.4. The van der Waals surface area contributed by atoms with Gasteiger partial charge in [0.1, 0.15) is 19.0 Å². The molecule has 0 aliphatic carbocycles. The van der Waals surface area contributed by atoms with Crippen molar-refractivity contribution in [3.63, 3.8) is 0 Å². The Labute approximate surface area is 175 Å². The van der Waals surface area contributed by atoms with Crippen LogP contribution in [0.5, 0.6) is 5.75 Å². The maximum Gasteiger partial charge on any atom is 0.409 e. The maximum absolute atomic E-state index is 11.8. The van der Waals surface area contributed by atoms with Crippen molar-refractivity contribution in [3.05, 3.63) is 29.8 Å². The van der Waals surface area contributed by atoms with E-state index in [2.05, 4.69) is 4.90 Å². The second-order valence-corrected chi connectivity index (χ2v) is 9.10. The van der Waals surface area contributed by atoms with E-state index in [-0.39, 0.29) is 24.2 Å². The van der Waals surface area contributed by atoms with Crippen LogP contribution in [0.2, 0.25) is 0 Å². The van der Waals surface area contributed by atoms with Crippen LogP contribution in [0.15, 0.2) is 24.3 Å². The van der Waals surface area contributed by atoms with E-state index in [1.54, 1.807) is 57.8 Å². The summed E-state index contributed by atoms with van der Waals surface area (Å²) in [6.07, 6.45) is 0.803. The smallest absolute Gasteiger partial charge is 0.409 e. The lowest BCUT2D eigenvalue weighted by Gasteiger charge is -2.18. The Balaban J connectivity index is 1.97. The summed E-state index contributed by atoms with van der Waals surface area (Å²) in [5.74, 6) is 1.24. The van der Waals surface area contributed by atoms with Gasteiger partial charge in [-0.05, 0) is 44.8 Å². The lowest BCUT2D eigenvalue weighted by Crippen LogP contribution is -2.30. The highest BCUT2D eigenvalue weighted by molar-refractivity contribution is 8.76. The van der Waals surface area contributed by atoms with E-state index < -0.39 is 0 Å². The minimum atomic E-state index is -0.299. The first kappa shape index (κ1) is 24.5. The molecule has 0 saturated carbocycles. The molecule has 0 fully saturated rings. The van der Waals surface area contributed by atoms with Crippen LogP contribution < -0.4 is 0 Å². The molecule has 158 valence electrons. The SMILES string of the molecule is CN(C)CCCN(C)C(=O)OCCSSCCOC(=O)Cc1ccc(O)cc1. The van der Waals surface area contributed by atoms with Crippen LogP contribution in [0, 0.1) is 0 Å². The highest BCUT2D eigenvalue weighted by Crippen LogP contribution is 2.20. The van der Waals surface area contributed by atoms with Crippen LogP contribution >= 0.6 is 21.6 Å². The summed E-state index contributed by atoms with van der Waals surface area (Å²) >= 11 is 0. The topological polar surface area (TPSA) is 79.3 Å². The highest BCUT2D eigenvalue weighted by Gasteiger charge is 2.09. The van der Waals surface area contributed by atoms with Crippen molar-refractivity contribution in [3.8, 4) is 5.75 Å². The first-order valence-electron chi connectivity index (χ1n) is 9.09. The minimum Gasteiger partial charge on any atom is -0.508 e. The van der Waals surface area contributed by atoms with Crippen LogP contribution in [0.4, 0.5) is 4.79 Å². The van der Waals surface area contributed by atoms with Crippen molar-refractivity contribution in [1.82, 2.24) is 9.80 Å². The number of phenolic OH excluding ortho intramolecular Hbond substituents is 1. The molecule has 1 aromatic rings. The number of nitrogens with zero attached hydrogens (tertiary/aromatic N) is 2. The lowest BCUT2D eigenvalue weighted by atomic mass is 10.1. The fourth-order valence-corrected chi connectivity index (χ4v) is 3.78. The summed E-state index contributed by atoms with van der Waals surface area (Å²) in [5.41, 5.74) is 0.804. The van der Waals surface area contributed by atoms with Gasteiger partial charge in [0.25, 0.3) is 0 Å². The van der Waals surface area contributed by atoms with Crippen molar-refractivity contribution in [1.29, 1.82) is 0 Å². The van der Waals surface area contributed by atoms with Gasteiger partial charge >= 0.3 is 12.1 Å². The normalized spacial score (nSPS) is 10.7. The van der Waals surface area contributed by atoms with E-state index in [9.17, 15) is 14.7 Å². The third-order valence-electron chi connectivity index (χ3n) is 3.60. The largest absolute Gasteiger partial charge is 0.508 e. The van der Waals surface area contributed by atoms with E-state index >= 15 is 0 Å². The van der Waals surface area contributed by atoms with Crippen LogP contribution in [0.25, 0.3) is 0 Å². The summed E-state index contributed by atoms with van der Waals surface area (Å²) in [4.78, 5) is 27.2. The molecular formula is C19H30N2O5S2. The van der Waals surface area contributed by atoms with E-state index in [4.69, 9.17) is 9.47 Å². The molecular weight excluding hydrogens is 400 g/mol. The van der Waals surface area contributed by atoms with Crippen molar-refractivity contribution < 1.29 is 24.2 Å². The Bertz CT molecular complexity index is 584. The zero-order valence-corrected chi connectivity index (χ0v) is 18.4. The third kappa shape index (κ3) is 12.0. The number of aromatic hydroxyl groups is 1. The van der Waals surface area contributed by atoms with Gasteiger partial charge in [-0.25, -0.2) is 4.79 Å². The molecule has 28 heavy (non-hydrogen) atoms. The zero-order valence-electron chi connectivity index (χ0n) is 16.8. The van der Waals surface area contributed by atoms with E-state index in [1.165, 1.54) is 0 Å². The molecule has 0 aromatic heterocycles. The zero-order chi connectivity index (χ0) is 20.8. The Morgan fingerprint density at radius 2 is 1.57 bits per heavy atom. The Morgan fingerprint density at radius 1 is 0.964 bits per heavy atom. The number of benzene rings is 1.